The van der Waals surface area contributed by atoms with E-state index < -0.39 is 9.84 Å². The SMILES string of the molecule is Cc1cccc(N2CCN(C(=O)COc3ccc(S(=O)(=O)c4ccccc4)cc3)CC2)c1. The molecule has 3 aromatic rings. The number of hydrogen-bond acceptors (Lipinski definition) is 5. The molecule has 0 radical (unpaired) electrons. The molecule has 1 aliphatic heterocycles. The molecule has 0 aromatic heterocycles. The van der Waals surface area contributed by atoms with Crippen molar-refractivity contribution >= 4 is 21.4 Å². The minimum atomic E-state index is -3.57. The Morgan fingerprint density at radius 1 is 0.844 bits per heavy atom. The Kier molecular flexibility index (Phi) is 6.46. The fraction of sp³-hybridized carbons (Fsp3) is 0.240. The molecular weight excluding hydrogens is 424 g/mol. The highest BCUT2D eigenvalue weighted by atomic mass is 32.2. The molecule has 1 saturated heterocycles. The van der Waals surface area contributed by atoms with E-state index in [1.165, 1.54) is 23.4 Å². The van der Waals surface area contributed by atoms with Crippen molar-refractivity contribution in [3.63, 3.8) is 0 Å². The molecule has 0 bridgehead atoms. The van der Waals surface area contributed by atoms with Crippen LogP contribution in [0.15, 0.2) is 88.7 Å². The van der Waals surface area contributed by atoms with Crippen LogP contribution in [0, 0.1) is 6.92 Å². The van der Waals surface area contributed by atoms with E-state index in [0.29, 0.717) is 18.8 Å². The van der Waals surface area contributed by atoms with E-state index in [1.54, 1.807) is 47.4 Å². The third-order valence-corrected chi connectivity index (χ3v) is 7.33. The molecule has 0 N–H and O–H groups in total. The average Bonchev–Trinajstić information content (AvgIpc) is 2.83. The summed E-state index contributed by atoms with van der Waals surface area (Å²) in [5.74, 6) is 0.388. The first-order valence-corrected chi connectivity index (χ1v) is 12.0. The second kappa shape index (κ2) is 9.44. The lowest BCUT2D eigenvalue weighted by molar-refractivity contribution is -0.133. The van der Waals surface area contributed by atoms with Gasteiger partial charge in [0.1, 0.15) is 5.75 Å². The first-order chi connectivity index (χ1) is 15.4. The summed E-state index contributed by atoms with van der Waals surface area (Å²) in [5.41, 5.74) is 2.40. The number of piperazine rings is 1. The number of anilines is 1. The number of carbonyl (C=O) groups excluding carboxylic acids is 1. The van der Waals surface area contributed by atoms with Gasteiger partial charge in [0.25, 0.3) is 5.91 Å². The molecule has 32 heavy (non-hydrogen) atoms. The number of benzene rings is 3. The van der Waals surface area contributed by atoms with Gasteiger partial charge < -0.3 is 14.5 Å². The van der Waals surface area contributed by atoms with Gasteiger partial charge in [0.05, 0.1) is 9.79 Å². The van der Waals surface area contributed by atoms with Crippen molar-refractivity contribution in [2.75, 3.05) is 37.7 Å². The van der Waals surface area contributed by atoms with E-state index in [4.69, 9.17) is 4.74 Å². The molecule has 166 valence electrons. The average molecular weight is 451 g/mol. The third-order valence-electron chi connectivity index (χ3n) is 5.55. The van der Waals surface area contributed by atoms with Crippen molar-refractivity contribution in [2.45, 2.75) is 16.7 Å². The number of sulfone groups is 1. The number of rotatable bonds is 6. The van der Waals surface area contributed by atoms with Crippen LogP contribution in [0.5, 0.6) is 5.75 Å². The minimum absolute atomic E-state index is 0.0742. The molecule has 0 saturated carbocycles. The molecule has 0 unspecified atom stereocenters. The quantitative estimate of drug-likeness (QED) is 0.575. The molecule has 1 heterocycles. The van der Waals surface area contributed by atoms with Gasteiger partial charge in [0.2, 0.25) is 9.84 Å². The van der Waals surface area contributed by atoms with Gasteiger partial charge in [-0.25, -0.2) is 8.42 Å². The van der Waals surface area contributed by atoms with Gasteiger partial charge in [0.15, 0.2) is 6.61 Å². The smallest absolute Gasteiger partial charge is 0.260 e. The second-order valence-corrected chi connectivity index (χ2v) is 9.73. The minimum Gasteiger partial charge on any atom is -0.484 e. The van der Waals surface area contributed by atoms with Crippen LogP contribution < -0.4 is 9.64 Å². The lowest BCUT2D eigenvalue weighted by atomic mass is 10.2. The Hall–Kier alpha value is -3.32. The summed E-state index contributed by atoms with van der Waals surface area (Å²) in [7, 11) is -3.57. The predicted octanol–water partition coefficient (Wildman–Crippen LogP) is 3.56. The first kappa shape index (κ1) is 21.9. The number of amides is 1. The predicted molar refractivity (Wildman–Crippen MR) is 124 cm³/mol. The van der Waals surface area contributed by atoms with Crippen molar-refractivity contribution in [3.8, 4) is 5.75 Å². The van der Waals surface area contributed by atoms with Gasteiger partial charge >= 0.3 is 0 Å². The zero-order chi connectivity index (χ0) is 22.6. The Labute approximate surface area is 189 Å². The van der Waals surface area contributed by atoms with E-state index in [9.17, 15) is 13.2 Å². The molecule has 6 nitrogen and oxygen atoms in total. The van der Waals surface area contributed by atoms with Crippen LogP contribution >= 0.6 is 0 Å². The van der Waals surface area contributed by atoms with E-state index in [2.05, 4.69) is 30.0 Å². The maximum atomic E-state index is 12.7. The van der Waals surface area contributed by atoms with Crippen LogP contribution in [0.1, 0.15) is 5.56 Å². The molecule has 7 heteroatoms. The number of nitrogens with zero attached hydrogens (tertiary/aromatic N) is 2. The van der Waals surface area contributed by atoms with E-state index in [0.717, 1.165) is 13.1 Å². The largest absolute Gasteiger partial charge is 0.484 e. The van der Waals surface area contributed by atoms with Crippen molar-refractivity contribution in [2.24, 2.45) is 0 Å². The summed E-state index contributed by atoms with van der Waals surface area (Å²) >= 11 is 0. The monoisotopic (exact) mass is 450 g/mol. The van der Waals surface area contributed by atoms with Crippen LogP contribution in [-0.4, -0.2) is 52.0 Å². The summed E-state index contributed by atoms with van der Waals surface area (Å²) < 4.78 is 30.9. The van der Waals surface area contributed by atoms with Crippen LogP contribution in [0.25, 0.3) is 0 Å². The zero-order valence-electron chi connectivity index (χ0n) is 18.0. The Morgan fingerprint density at radius 2 is 1.50 bits per heavy atom. The molecule has 0 atom stereocenters. The summed E-state index contributed by atoms with van der Waals surface area (Å²) in [4.78, 5) is 17.1. The van der Waals surface area contributed by atoms with Crippen molar-refractivity contribution < 1.29 is 17.9 Å². The summed E-state index contributed by atoms with van der Waals surface area (Å²) in [6, 6.07) is 22.8. The normalized spacial score (nSPS) is 14.3. The fourth-order valence-electron chi connectivity index (χ4n) is 3.73. The highest BCUT2D eigenvalue weighted by Crippen LogP contribution is 2.23. The third kappa shape index (κ3) is 4.94. The van der Waals surface area contributed by atoms with Crippen LogP contribution in [0.3, 0.4) is 0 Å². The second-order valence-electron chi connectivity index (χ2n) is 7.78. The van der Waals surface area contributed by atoms with E-state index >= 15 is 0 Å². The van der Waals surface area contributed by atoms with Crippen molar-refractivity contribution in [1.29, 1.82) is 0 Å². The van der Waals surface area contributed by atoms with Gasteiger partial charge in [0, 0.05) is 31.9 Å². The summed E-state index contributed by atoms with van der Waals surface area (Å²) in [6.07, 6.45) is 0. The lowest BCUT2D eigenvalue weighted by Gasteiger charge is -2.36. The molecule has 0 spiro atoms. The van der Waals surface area contributed by atoms with Crippen LogP contribution in [0.2, 0.25) is 0 Å². The van der Waals surface area contributed by atoms with Gasteiger partial charge in [-0.3, -0.25) is 4.79 Å². The molecule has 1 aliphatic rings. The Bertz CT molecular complexity index is 1170. The van der Waals surface area contributed by atoms with Gasteiger partial charge in [-0.2, -0.15) is 0 Å². The van der Waals surface area contributed by atoms with Crippen molar-refractivity contribution in [1.82, 2.24) is 4.90 Å². The number of ether oxygens (including phenoxy) is 1. The van der Waals surface area contributed by atoms with E-state index in [-0.39, 0.29) is 22.3 Å². The highest BCUT2D eigenvalue weighted by Gasteiger charge is 2.22. The molecule has 0 aliphatic carbocycles. The van der Waals surface area contributed by atoms with Gasteiger partial charge in [-0.1, -0.05) is 30.3 Å². The van der Waals surface area contributed by atoms with Gasteiger partial charge in [-0.05, 0) is 61.0 Å². The number of hydrogen-bond donors (Lipinski definition) is 0. The van der Waals surface area contributed by atoms with Crippen molar-refractivity contribution in [3.05, 3.63) is 84.4 Å². The fourth-order valence-corrected chi connectivity index (χ4v) is 5.01. The van der Waals surface area contributed by atoms with Crippen LogP contribution in [0.4, 0.5) is 5.69 Å². The number of carbonyl (C=O) groups is 1. The topological polar surface area (TPSA) is 66.9 Å². The molecule has 3 aromatic carbocycles. The first-order valence-electron chi connectivity index (χ1n) is 10.6. The van der Waals surface area contributed by atoms with Crippen LogP contribution in [-0.2, 0) is 14.6 Å². The lowest BCUT2D eigenvalue weighted by Crippen LogP contribution is -2.50. The maximum absolute atomic E-state index is 12.7. The Morgan fingerprint density at radius 3 is 2.16 bits per heavy atom. The molecule has 4 rings (SSSR count). The van der Waals surface area contributed by atoms with Gasteiger partial charge in [-0.15, -0.1) is 0 Å². The molecule has 1 fully saturated rings. The van der Waals surface area contributed by atoms with E-state index in [1.807, 2.05) is 6.07 Å². The summed E-state index contributed by atoms with van der Waals surface area (Å²) in [5, 5.41) is 0. The zero-order valence-corrected chi connectivity index (χ0v) is 18.8. The highest BCUT2D eigenvalue weighted by molar-refractivity contribution is 7.91. The Balaban J connectivity index is 1.30. The number of aryl methyl sites for hydroxylation is 1. The molecular formula is C25H26N2O4S. The summed E-state index contributed by atoms with van der Waals surface area (Å²) in [6.45, 7) is 4.84. The standard InChI is InChI=1S/C25H26N2O4S/c1-20-6-5-7-21(18-20)26-14-16-27(17-15-26)25(28)19-31-22-10-12-24(13-11-22)32(29,30)23-8-3-2-4-9-23/h2-13,18H,14-17,19H2,1H3. The molecule has 1 amide bonds. The maximum Gasteiger partial charge on any atom is 0.260 e.